The van der Waals surface area contributed by atoms with Crippen LogP contribution in [0.5, 0.6) is 0 Å². The molecule has 0 N–H and O–H groups in total. The van der Waals surface area contributed by atoms with Gasteiger partial charge in [-0.15, -0.1) is 0 Å². The molecule has 1 aromatic rings. The molecule has 1 aromatic carbocycles. The van der Waals surface area contributed by atoms with Crippen LogP contribution in [0.4, 0.5) is 0 Å². The van der Waals surface area contributed by atoms with Crippen molar-refractivity contribution >= 4 is 32.1 Å². The smallest absolute Gasteiger partial charge is 0.0694 e. The van der Waals surface area contributed by atoms with E-state index in [1.54, 1.807) is 10.6 Å². The Kier molecular flexibility index (Phi) is 8.27. The van der Waals surface area contributed by atoms with Crippen LogP contribution < -0.4 is 5.30 Å². The van der Waals surface area contributed by atoms with E-state index in [1.807, 2.05) is 0 Å². The third-order valence-electron chi connectivity index (χ3n) is 4.97. The van der Waals surface area contributed by atoms with Crippen molar-refractivity contribution in [2.45, 2.75) is 78.0 Å². The molecule has 0 amide bonds. The van der Waals surface area contributed by atoms with Crippen molar-refractivity contribution in [1.29, 1.82) is 0 Å². The second-order valence-electron chi connectivity index (χ2n) is 8.45. The predicted molar refractivity (Wildman–Crippen MR) is 132 cm³/mol. The minimum absolute atomic E-state index is 0.167. The molecule has 0 saturated carbocycles. The van der Waals surface area contributed by atoms with Crippen molar-refractivity contribution < 1.29 is 0 Å². The minimum Gasteiger partial charge on any atom is -0.0694 e. The van der Waals surface area contributed by atoms with Crippen LogP contribution in [0.3, 0.4) is 0 Å². The third-order valence-corrected chi connectivity index (χ3v) is 11.3. The summed E-state index contributed by atoms with van der Waals surface area (Å²) in [6.45, 7) is 19.1. The lowest BCUT2D eigenvalue weighted by molar-refractivity contribution is 1.02. The highest BCUT2D eigenvalue weighted by atomic mass is 31.1. The highest BCUT2D eigenvalue weighted by molar-refractivity contribution is 7.67. The van der Waals surface area contributed by atoms with Crippen molar-refractivity contribution in [2.24, 2.45) is 0 Å². The predicted octanol–water partition coefficient (Wildman–Crippen LogP) is 7.59. The Morgan fingerprint density at radius 2 is 1.33 bits per heavy atom. The SMILES string of the molecule is CC(C)P(c1ccccc1C=C1C=CC=CC1=[P+](C(C)C)C(C)C)C(C)C. The van der Waals surface area contributed by atoms with Gasteiger partial charge in [0.25, 0.3) is 0 Å². The molecular formula is C25H37P2+. The Balaban J connectivity index is 2.63. The standard InChI is InChI=1S/C25H37P2/c1-18(2)26(19(3)4)24-15-11-9-13-22(24)17-23-14-10-12-16-25(23)27(20(5)6)21(7)8/h9-21H,1-8H3/q+1. The highest BCUT2D eigenvalue weighted by Gasteiger charge is 2.28. The van der Waals surface area contributed by atoms with Crippen LogP contribution in [0, 0.1) is 0 Å². The second-order valence-corrected chi connectivity index (χ2v) is 15.2. The zero-order chi connectivity index (χ0) is 20.1. The molecule has 0 atom stereocenters. The fourth-order valence-corrected chi connectivity index (χ4v) is 10.2. The van der Waals surface area contributed by atoms with Gasteiger partial charge in [-0.25, -0.2) is 0 Å². The zero-order valence-electron chi connectivity index (χ0n) is 18.4. The Morgan fingerprint density at radius 1 is 0.778 bits per heavy atom. The Bertz CT molecular complexity index is 740. The molecule has 146 valence electrons. The lowest BCUT2D eigenvalue weighted by Crippen LogP contribution is -2.17. The molecule has 0 bridgehead atoms. The van der Waals surface area contributed by atoms with Gasteiger partial charge in [-0.2, -0.15) is 0 Å². The van der Waals surface area contributed by atoms with Gasteiger partial charge < -0.3 is 0 Å². The topological polar surface area (TPSA) is 0 Å². The monoisotopic (exact) mass is 399 g/mol. The summed E-state index contributed by atoms with van der Waals surface area (Å²) in [6.07, 6.45) is 11.6. The molecule has 27 heavy (non-hydrogen) atoms. The number of hydrogen-bond donors (Lipinski definition) is 0. The average Bonchev–Trinajstić information content (AvgIpc) is 2.57. The molecule has 1 aliphatic carbocycles. The number of rotatable bonds is 6. The first-order chi connectivity index (χ1) is 12.7. The molecule has 0 fully saturated rings. The molecule has 0 nitrogen and oxygen atoms in total. The van der Waals surface area contributed by atoms with E-state index in [1.165, 1.54) is 11.1 Å². The van der Waals surface area contributed by atoms with E-state index in [9.17, 15) is 0 Å². The maximum atomic E-state index is 2.46. The van der Waals surface area contributed by atoms with Gasteiger partial charge in [0, 0.05) is 5.57 Å². The van der Waals surface area contributed by atoms with Crippen LogP contribution in [-0.2, 0) is 0 Å². The number of benzene rings is 1. The molecule has 0 aliphatic heterocycles. The summed E-state index contributed by atoms with van der Waals surface area (Å²) in [4.78, 5) is 0. The van der Waals surface area contributed by atoms with Crippen molar-refractivity contribution in [1.82, 2.24) is 0 Å². The molecule has 0 aromatic heterocycles. The van der Waals surface area contributed by atoms with Crippen LogP contribution in [0.25, 0.3) is 6.08 Å². The molecule has 0 spiro atoms. The van der Waals surface area contributed by atoms with E-state index in [4.69, 9.17) is 0 Å². The molecule has 0 heterocycles. The van der Waals surface area contributed by atoms with Crippen molar-refractivity contribution in [3.8, 4) is 0 Å². The molecule has 1 aliphatic rings. The normalized spacial score (nSPS) is 16.0. The number of allylic oxidation sites excluding steroid dienone is 5. The maximum absolute atomic E-state index is 2.46. The molecule has 0 unspecified atom stereocenters. The highest BCUT2D eigenvalue weighted by Crippen LogP contribution is 2.46. The fourth-order valence-electron chi connectivity index (χ4n) is 4.16. The maximum Gasteiger partial charge on any atom is 0.151 e. The summed E-state index contributed by atoms with van der Waals surface area (Å²) < 4.78 is 0. The number of hydrogen-bond acceptors (Lipinski definition) is 0. The van der Waals surface area contributed by atoms with Crippen LogP contribution in [0.2, 0.25) is 0 Å². The lowest BCUT2D eigenvalue weighted by Gasteiger charge is -2.28. The minimum atomic E-state index is -0.167. The van der Waals surface area contributed by atoms with Crippen LogP contribution in [0.15, 0.2) is 54.1 Å². The van der Waals surface area contributed by atoms with E-state index in [2.05, 4.69) is 110 Å². The van der Waals surface area contributed by atoms with Gasteiger partial charge in [-0.3, -0.25) is 0 Å². The summed E-state index contributed by atoms with van der Waals surface area (Å²) in [6, 6.07) is 9.10. The second kappa shape index (κ2) is 10.0. The van der Waals surface area contributed by atoms with E-state index in [0.717, 1.165) is 0 Å². The Labute approximate surface area is 170 Å². The van der Waals surface area contributed by atoms with E-state index >= 15 is 0 Å². The molecule has 2 rings (SSSR count). The van der Waals surface area contributed by atoms with Crippen LogP contribution >= 0.6 is 15.5 Å². The van der Waals surface area contributed by atoms with Crippen molar-refractivity contribution in [3.63, 3.8) is 0 Å². The van der Waals surface area contributed by atoms with E-state index in [-0.39, 0.29) is 15.5 Å². The Hall–Kier alpha value is -0.960. The Morgan fingerprint density at radius 3 is 1.89 bits per heavy atom. The van der Waals surface area contributed by atoms with Crippen LogP contribution in [-0.4, -0.2) is 27.9 Å². The molecule has 2 heteroatoms. The lowest BCUT2D eigenvalue weighted by atomic mass is 10.0. The van der Waals surface area contributed by atoms with E-state index in [0.29, 0.717) is 22.6 Å². The zero-order valence-corrected chi connectivity index (χ0v) is 20.2. The van der Waals surface area contributed by atoms with Gasteiger partial charge in [0.15, 0.2) is 5.29 Å². The van der Waals surface area contributed by atoms with Crippen LogP contribution in [0.1, 0.15) is 61.0 Å². The first-order valence-electron chi connectivity index (χ1n) is 10.3. The summed E-state index contributed by atoms with van der Waals surface area (Å²) in [5.41, 5.74) is 5.64. The third kappa shape index (κ3) is 5.53. The van der Waals surface area contributed by atoms with E-state index < -0.39 is 0 Å². The molecule has 0 saturated heterocycles. The fraction of sp³-hybridized carbons (Fsp3) is 0.480. The molecular weight excluding hydrogens is 362 g/mol. The summed E-state index contributed by atoms with van der Waals surface area (Å²) in [5, 5.41) is 3.12. The largest absolute Gasteiger partial charge is 0.151 e. The first-order valence-corrected chi connectivity index (χ1v) is 13.3. The summed E-state index contributed by atoms with van der Waals surface area (Å²) in [7, 11) is -0.333. The van der Waals surface area contributed by atoms with Gasteiger partial charge >= 0.3 is 0 Å². The molecule has 0 radical (unpaired) electrons. The van der Waals surface area contributed by atoms with Crippen molar-refractivity contribution in [2.75, 3.05) is 0 Å². The van der Waals surface area contributed by atoms with Gasteiger partial charge in [-0.1, -0.05) is 78.1 Å². The first kappa shape index (κ1) is 22.3. The average molecular weight is 400 g/mol. The summed E-state index contributed by atoms with van der Waals surface area (Å²) in [5.74, 6) is 0. The van der Waals surface area contributed by atoms with Gasteiger partial charge in [0.1, 0.15) is 18.9 Å². The van der Waals surface area contributed by atoms with Gasteiger partial charge in [0.2, 0.25) is 0 Å². The quantitative estimate of drug-likeness (QED) is 0.432. The van der Waals surface area contributed by atoms with Crippen molar-refractivity contribution in [3.05, 3.63) is 59.7 Å². The van der Waals surface area contributed by atoms with Gasteiger partial charge in [0.05, 0.1) is 0 Å². The summed E-state index contributed by atoms with van der Waals surface area (Å²) >= 11 is 0. The van der Waals surface area contributed by atoms with Gasteiger partial charge in [-0.05, 0) is 62.0 Å².